The monoisotopic (exact) mass is 280 g/mol. The van der Waals surface area contributed by atoms with E-state index in [1.807, 2.05) is 31.2 Å². The number of hydrogen-bond donors (Lipinski definition) is 2. The number of methoxy groups -OCH3 is 1. The van der Waals surface area contributed by atoms with Gasteiger partial charge in [0.1, 0.15) is 5.75 Å². The quantitative estimate of drug-likeness (QED) is 0.710. The topological polar surface area (TPSA) is 73.6 Å². The Kier molecular flexibility index (Phi) is 7.04. The molecular formula is C15H24N2O3. The largest absolute Gasteiger partial charge is 0.481 e. The first-order valence-electron chi connectivity index (χ1n) is 6.83. The van der Waals surface area contributed by atoms with E-state index in [9.17, 15) is 4.79 Å². The SMILES string of the molecule is COCCCNC(=O)C(C)Oc1ccc([C@@H](C)N)cc1. The van der Waals surface area contributed by atoms with Crippen LogP contribution >= 0.6 is 0 Å². The molecule has 0 aliphatic carbocycles. The van der Waals surface area contributed by atoms with Crippen molar-refractivity contribution in [3.63, 3.8) is 0 Å². The molecule has 0 aliphatic rings. The average Bonchev–Trinajstić information content (AvgIpc) is 2.44. The Hall–Kier alpha value is -1.59. The zero-order valence-electron chi connectivity index (χ0n) is 12.4. The van der Waals surface area contributed by atoms with Crippen LogP contribution in [-0.2, 0) is 9.53 Å². The van der Waals surface area contributed by atoms with Crippen LogP contribution in [0.3, 0.4) is 0 Å². The molecular weight excluding hydrogens is 256 g/mol. The fraction of sp³-hybridized carbons (Fsp3) is 0.533. The van der Waals surface area contributed by atoms with E-state index in [-0.39, 0.29) is 11.9 Å². The van der Waals surface area contributed by atoms with Crippen molar-refractivity contribution in [1.29, 1.82) is 0 Å². The highest BCUT2D eigenvalue weighted by molar-refractivity contribution is 5.80. The third kappa shape index (κ3) is 5.59. The van der Waals surface area contributed by atoms with Crippen molar-refractivity contribution >= 4 is 5.91 Å². The number of nitrogens with two attached hydrogens (primary N) is 1. The van der Waals surface area contributed by atoms with Crippen LogP contribution in [0.1, 0.15) is 31.9 Å². The lowest BCUT2D eigenvalue weighted by Gasteiger charge is -2.15. The lowest BCUT2D eigenvalue weighted by atomic mass is 10.1. The van der Waals surface area contributed by atoms with E-state index in [2.05, 4.69) is 5.32 Å². The van der Waals surface area contributed by atoms with Crippen molar-refractivity contribution in [3.8, 4) is 5.75 Å². The van der Waals surface area contributed by atoms with E-state index < -0.39 is 6.10 Å². The number of benzene rings is 1. The van der Waals surface area contributed by atoms with Gasteiger partial charge in [0, 0.05) is 26.3 Å². The summed E-state index contributed by atoms with van der Waals surface area (Å²) in [6, 6.07) is 7.46. The minimum atomic E-state index is -0.529. The van der Waals surface area contributed by atoms with Crippen molar-refractivity contribution in [2.45, 2.75) is 32.4 Å². The van der Waals surface area contributed by atoms with Crippen molar-refractivity contribution in [1.82, 2.24) is 5.32 Å². The van der Waals surface area contributed by atoms with E-state index in [1.54, 1.807) is 14.0 Å². The Bertz CT molecular complexity index is 404. The van der Waals surface area contributed by atoms with E-state index in [1.165, 1.54) is 0 Å². The van der Waals surface area contributed by atoms with Gasteiger partial charge in [0.2, 0.25) is 0 Å². The highest BCUT2D eigenvalue weighted by Crippen LogP contribution is 2.17. The molecule has 0 saturated heterocycles. The molecule has 0 aromatic heterocycles. The number of ether oxygens (including phenoxy) is 2. The summed E-state index contributed by atoms with van der Waals surface area (Å²) < 4.78 is 10.5. The summed E-state index contributed by atoms with van der Waals surface area (Å²) in [4.78, 5) is 11.8. The molecule has 2 atom stereocenters. The molecule has 3 N–H and O–H groups in total. The van der Waals surface area contributed by atoms with Gasteiger partial charge in [-0.25, -0.2) is 0 Å². The molecule has 20 heavy (non-hydrogen) atoms. The van der Waals surface area contributed by atoms with E-state index in [0.29, 0.717) is 18.9 Å². The van der Waals surface area contributed by atoms with Crippen LogP contribution in [0.5, 0.6) is 5.75 Å². The summed E-state index contributed by atoms with van der Waals surface area (Å²) >= 11 is 0. The Labute approximate surface area is 120 Å². The molecule has 0 radical (unpaired) electrons. The fourth-order valence-corrected chi connectivity index (χ4v) is 1.68. The van der Waals surface area contributed by atoms with Gasteiger partial charge in [0.15, 0.2) is 6.10 Å². The minimum Gasteiger partial charge on any atom is -0.481 e. The summed E-state index contributed by atoms with van der Waals surface area (Å²) in [7, 11) is 1.64. The van der Waals surface area contributed by atoms with Gasteiger partial charge in [-0.05, 0) is 38.0 Å². The maximum Gasteiger partial charge on any atom is 0.260 e. The molecule has 1 aromatic carbocycles. The van der Waals surface area contributed by atoms with Gasteiger partial charge in [0.05, 0.1) is 0 Å². The Balaban J connectivity index is 2.40. The number of hydrogen-bond acceptors (Lipinski definition) is 4. The zero-order chi connectivity index (χ0) is 15.0. The Morgan fingerprint density at radius 2 is 1.95 bits per heavy atom. The molecule has 0 spiro atoms. The van der Waals surface area contributed by atoms with Gasteiger partial charge < -0.3 is 20.5 Å². The van der Waals surface area contributed by atoms with Crippen molar-refractivity contribution in [2.24, 2.45) is 5.73 Å². The molecule has 112 valence electrons. The first kappa shape index (κ1) is 16.5. The van der Waals surface area contributed by atoms with Gasteiger partial charge >= 0.3 is 0 Å². The van der Waals surface area contributed by atoms with Gasteiger partial charge in [-0.2, -0.15) is 0 Å². The van der Waals surface area contributed by atoms with Gasteiger partial charge in [-0.3, -0.25) is 4.79 Å². The van der Waals surface area contributed by atoms with E-state index in [4.69, 9.17) is 15.2 Å². The van der Waals surface area contributed by atoms with Crippen LogP contribution in [0.15, 0.2) is 24.3 Å². The van der Waals surface area contributed by atoms with Crippen LogP contribution in [0, 0.1) is 0 Å². The predicted octanol–water partition coefficient (Wildman–Crippen LogP) is 1.63. The smallest absolute Gasteiger partial charge is 0.260 e. The lowest BCUT2D eigenvalue weighted by molar-refractivity contribution is -0.127. The lowest BCUT2D eigenvalue weighted by Crippen LogP contribution is -2.37. The first-order chi connectivity index (χ1) is 9.54. The van der Waals surface area contributed by atoms with Gasteiger partial charge in [-0.1, -0.05) is 12.1 Å². The predicted molar refractivity (Wildman–Crippen MR) is 78.6 cm³/mol. The third-order valence-electron chi connectivity index (χ3n) is 2.91. The molecule has 5 nitrogen and oxygen atoms in total. The summed E-state index contributed by atoms with van der Waals surface area (Å²) in [6.07, 6.45) is 0.261. The Morgan fingerprint density at radius 3 is 2.50 bits per heavy atom. The van der Waals surface area contributed by atoms with Crippen LogP contribution in [-0.4, -0.2) is 32.3 Å². The van der Waals surface area contributed by atoms with Crippen molar-refractivity contribution in [3.05, 3.63) is 29.8 Å². The second-order valence-corrected chi connectivity index (χ2v) is 4.76. The minimum absolute atomic E-state index is 0.00874. The zero-order valence-corrected chi connectivity index (χ0v) is 12.4. The van der Waals surface area contributed by atoms with E-state index in [0.717, 1.165) is 12.0 Å². The maximum atomic E-state index is 11.8. The maximum absolute atomic E-state index is 11.8. The molecule has 1 unspecified atom stereocenters. The summed E-state index contributed by atoms with van der Waals surface area (Å²) in [6.45, 7) is 4.87. The number of rotatable bonds is 8. The number of amides is 1. The molecule has 0 heterocycles. The highest BCUT2D eigenvalue weighted by Gasteiger charge is 2.13. The standard InChI is InChI=1S/C15H24N2O3/c1-11(16)13-5-7-14(8-6-13)20-12(2)15(18)17-9-4-10-19-3/h5-8,11-12H,4,9-10,16H2,1-3H3,(H,17,18)/t11-,12?/m1/s1. The van der Waals surface area contributed by atoms with Crippen LogP contribution < -0.4 is 15.8 Å². The van der Waals surface area contributed by atoms with Crippen LogP contribution in [0.4, 0.5) is 0 Å². The summed E-state index contributed by atoms with van der Waals surface area (Å²) in [5, 5.41) is 2.80. The van der Waals surface area contributed by atoms with Crippen LogP contribution in [0.2, 0.25) is 0 Å². The molecule has 5 heteroatoms. The third-order valence-corrected chi connectivity index (χ3v) is 2.91. The molecule has 0 fully saturated rings. The molecule has 0 saturated carbocycles. The second-order valence-electron chi connectivity index (χ2n) is 4.76. The number of carbonyl (C=O) groups is 1. The molecule has 1 aromatic rings. The molecule has 0 aliphatic heterocycles. The number of nitrogens with one attached hydrogen (secondary N) is 1. The second kappa shape index (κ2) is 8.55. The number of carbonyl (C=O) groups excluding carboxylic acids is 1. The first-order valence-corrected chi connectivity index (χ1v) is 6.83. The normalized spacial score (nSPS) is 13.6. The van der Waals surface area contributed by atoms with Gasteiger partial charge in [0.25, 0.3) is 5.91 Å². The average molecular weight is 280 g/mol. The van der Waals surface area contributed by atoms with Crippen molar-refractivity contribution in [2.75, 3.05) is 20.3 Å². The summed E-state index contributed by atoms with van der Waals surface area (Å²) in [5.74, 6) is 0.534. The fourth-order valence-electron chi connectivity index (χ4n) is 1.68. The Morgan fingerprint density at radius 1 is 1.30 bits per heavy atom. The van der Waals surface area contributed by atoms with Crippen molar-refractivity contribution < 1.29 is 14.3 Å². The van der Waals surface area contributed by atoms with Gasteiger partial charge in [-0.15, -0.1) is 0 Å². The molecule has 0 bridgehead atoms. The molecule has 1 rings (SSSR count). The van der Waals surface area contributed by atoms with Crippen LogP contribution in [0.25, 0.3) is 0 Å². The molecule has 1 amide bonds. The van der Waals surface area contributed by atoms with E-state index >= 15 is 0 Å². The summed E-state index contributed by atoms with van der Waals surface area (Å²) in [5.41, 5.74) is 6.81. The highest BCUT2D eigenvalue weighted by atomic mass is 16.5.